The van der Waals surface area contributed by atoms with Gasteiger partial charge in [-0.2, -0.15) is 4.98 Å². The van der Waals surface area contributed by atoms with E-state index in [1.54, 1.807) is 20.8 Å². The van der Waals surface area contributed by atoms with E-state index in [2.05, 4.69) is 10.1 Å². The first-order valence-corrected chi connectivity index (χ1v) is 12.0. The number of carbonyl (C=O) groups excluding carboxylic acids is 2. The molecule has 13 heteroatoms. The Kier molecular flexibility index (Phi) is 5.84. The third-order valence-corrected chi connectivity index (χ3v) is 10.3. The quantitative estimate of drug-likeness (QED) is 0.541. The summed E-state index contributed by atoms with van der Waals surface area (Å²) in [6, 6.07) is 0. The van der Waals surface area contributed by atoms with Crippen molar-refractivity contribution in [1.29, 1.82) is 0 Å². The van der Waals surface area contributed by atoms with Crippen molar-refractivity contribution in [3.05, 3.63) is 21.6 Å². The van der Waals surface area contributed by atoms with Gasteiger partial charge in [0.15, 0.2) is 32.3 Å². The van der Waals surface area contributed by atoms with Gasteiger partial charge in [-0.05, 0) is 19.4 Å². The number of carbonyl (C=O) groups is 2. The van der Waals surface area contributed by atoms with E-state index in [0.29, 0.717) is 0 Å². The average molecular weight is 487 g/mol. The molecule has 3 atom stereocenters. The smallest absolute Gasteiger partial charge is 0.336 e. The summed E-state index contributed by atoms with van der Waals surface area (Å²) in [4.78, 5) is 43.1. The van der Waals surface area contributed by atoms with Crippen LogP contribution in [0.15, 0.2) is 21.2 Å². The minimum Gasteiger partial charge on any atom is -0.476 e. The van der Waals surface area contributed by atoms with Crippen LogP contribution in [0.5, 0.6) is 5.88 Å². The first kappa shape index (κ1) is 24.4. The zero-order valence-electron chi connectivity index (χ0n) is 19.1. The lowest BCUT2D eigenvalue weighted by Gasteiger charge is -2.53. The van der Waals surface area contributed by atoms with Crippen molar-refractivity contribution in [2.75, 3.05) is 14.2 Å². The number of β-lactam (4-membered cyclic amide) rings is 1. The number of Topliss-reactive ketones (excluding diaryl/α,β-unsaturated/α-hetero) is 1. The molecule has 32 heavy (non-hydrogen) atoms. The molecule has 2 aliphatic rings. The molecule has 1 unspecified atom stereocenters. The molecule has 3 heterocycles. The lowest BCUT2D eigenvalue weighted by Crippen LogP contribution is -2.73. The average Bonchev–Trinajstić information content (AvgIpc) is 2.69. The van der Waals surface area contributed by atoms with Gasteiger partial charge in [-0.1, -0.05) is 32.5 Å². The van der Waals surface area contributed by atoms with E-state index < -0.39 is 42.3 Å². The molecular formula is C19H26N4O7S2. The van der Waals surface area contributed by atoms with E-state index in [9.17, 15) is 22.8 Å². The molecular weight excluding hydrogens is 460 g/mol. The second-order valence-corrected chi connectivity index (χ2v) is 12.8. The van der Waals surface area contributed by atoms with Crippen molar-refractivity contribution >= 4 is 33.3 Å². The molecule has 1 saturated heterocycles. The van der Waals surface area contributed by atoms with Gasteiger partial charge in [0.05, 0.1) is 12.8 Å². The fraction of sp³-hybridized carbons (Fsp3) is 0.632. The zero-order valence-corrected chi connectivity index (χ0v) is 20.8. The van der Waals surface area contributed by atoms with Crippen LogP contribution < -0.4 is 10.3 Å². The number of aryl methyl sites for hydroxylation is 1. The number of sulfone groups is 1. The van der Waals surface area contributed by atoms with Crippen molar-refractivity contribution in [3.63, 3.8) is 0 Å². The van der Waals surface area contributed by atoms with E-state index in [-0.39, 0.29) is 28.1 Å². The van der Waals surface area contributed by atoms with Gasteiger partial charge >= 0.3 is 5.56 Å². The number of hydrogen-bond donors (Lipinski definition) is 0. The summed E-state index contributed by atoms with van der Waals surface area (Å²) >= 11 is 0.769. The molecule has 0 spiro atoms. The maximum atomic E-state index is 13.8. The Morgan fingerprint density at radius 1 is 1.22 bits per heavy atom. The molecule has 0 aromatic carbocycles. The highest BCUT2D eigenvalue weighted by molar-refractivity contribution is 8.15. The van der Waals surface area contributed by atoms with Gasteiger partial charge in [0.25, 0.3) is 11.8 Å². The Bertz CT molecular complexity index is 1200. The molecule has 0 saturated carbocycles. The standard InChI is InChI=1S/C19H26N4O7S2/c1-9-10(12(24)18(2,3)4)23-15(26)11(29-7)16(23)32(27,28)19(9,5)31-17-20-13(25)14(30-8)21-22(17)6/h11,16H,1-8H3/t11-,16+,19?/m0/s1. The minimum absolute atomic E-state index is 0.0110. The number of hydrogen-bond acceptors (Lipinski definition) is 10. The topological polar surface area (TPSA) is 138 Å². The van der Waals surface area contributed by atoms with Crippen LogP contribution in [0.1, 0.15) is 34.6 Å². The fourth-order valence-corrected chi connectivity index (χ4v) is 7.53. The molecule has 176 valence electrons. The summed E-state index contributed by atoms with van der Waals surface area (Å²) in [6.45, 7) is 8.00. The number of thioether (sulfide) groups is 1. The molecule has 0 bridgehead atoms. The van der Waals surface area contributed by atoms with Crippen LogP contribution in [0.4, 0.5) is 0 Å². The lowest BCUT2D eigenvalue weighted by molar-refractivity contribution is -0.161. The van der Waals surface area contributed by atoms with Crippen molar-refractivity contribution < 1.29 is 27.5 Å². The molecule has 1 amide bonds. The molecule has 0 aliphatic carbocycles. The number of rotatable bonds is 5. The Hall–Kier alpha value is -2.25. The third-order valence-electron chi connectivity index (χ3n) is 5.66. The Labute approximate surface area is 190 Å². The summed E-state index contributed by atoms with van der Waals surface area (Å²) in [7, 11) is -0.133. The predicted octanol–water partition coefficient (Wildman–Crippen LogP) is 0.493. The largest absolute Gasteiger partial charge is 0.476 e. The highest BCUT2D eigenvalue weighted by Crippen LogP contribution is 2.53. The predicted molar refractivity (Wildman–Crippen MR) is 116 cm³/mol. The monoisotopic (exact) mass is 486 g/mol. The second-order valence-electron chi connectivity index (χ2n) is 8.73. The van der Waals surface area contributed by atoms with Crippen molar-refractivity contribution in [3.8, 4) is 5.88 Å². The molecule has 1 aromatic heterocycles. The molecule has 11 nitrogen and oxygen atoms in total. The number of ether oxygens (including phenoxy) is 2. The molecule has 1 fully saturated rings. The molecule has 1 aromatic rings. The number of ketones is 1. The van der Waals surface area contributed by atoms with Crippen LogP contribution in [0.25, 0.3) is 0 Å². The summed E-state index contributed by atoms with van der Waals surface area (Å²) in [5.41, 5.74) is -1.43. The molecule has 0 N–H and O–H groups in total. The highest BCUT2D eigenvalue weighted by atomic mass is 32.3. The maximum Gasteiger partial charge on any atom is 0.336 e. The van der Waals surface area contributed by atoms with Gasteiger partial charge in [-0.15, -0.1) is 5.10 Å². The zero-order chi connectivity index (χ0) is 24.4. The van der Waals surface area contributed by atoms with Gasteiger partial charge < -0.3 is 9.47 Å². The third kappa shape index (κ3) is 3.28. The molecule has 2 aliphatic heterocycles. The van der Waals surface area contributed by atoms with E-state index in [1.807, 2.05) is 0 Å². The number of nitrogens with zero attached hydrogens (tertiary/aromatic N) is 4. The van der Waals surface area contributed by atoms with Crippen LogP contribution in [0, 0.1) is 5.41 Å². The van der Waals surface area contributed by atoms with Crippen LogP contribution in [-0.4, -0.2) is 69.5 Å². The van der Waals surface area contributed by atoms with Gasteiger partial charge in [-0.3, -0.25) is 19.3 Å². The normalized spacial score (nSPS) is 27.1. The summed E-state index contributed by atoms with van der Waals surface area (Å²) < 4.78 is 37.1. The van der Waals surface area contributed by atoms with Gasteiger partial charge in [0.1, 0.15) is 4.08 Å². The highest BCUT2D eigenvalue weighted by Gasteiger charge is 2.67. The van der Waals surface area contributed by atoms with E-state index in [4.69, 9.17) is 9.47 Å². The maximum absolute atomic E-state index is 13.8. The van der Waals surface area contributed by atoms with Crippen LogP contribution in [-0.2, 0) is 31.2 Å². The molecule has 0 radical (unpaired) electrons. The Balaban J connectivity index is 2.27. The van der Waals surface area contributed by atoms with E-state index >= 15 is 0 Å². The van der Waals surface area contributed by atoms with Crippen molar-refractivity contribution in [2.24, 2.45) is 12.5 Å². The van der Waals surface area contributed by atoms with Crippen molar-refractivity contribution in [2.45, 2.75) is 55.3 Å². The van der Waals surface area contributed by atoms with E-state index in [1.165, 1.54) is 39.8 Å². The van der Waals surface area contributed by atoms with Gasteiger partial charge in [-0.25, -0.2) is 13.1 Å². The Morgan fingerprint density at radius 3 is 2.31 bits per heavy atom. The summed E-state index contributed by atoms with van der Waals surface area (Å²) in [5, 5.41) is 2.62. The van der Waals surface area contributed by atoms with Crippen LogP contribution in [0.3, 0.4) is 0 Å². The SMILES string of the molecule is COc1nn(C)c(SC2(C)C(C)=C(C(=O)C(C)(C)C)N3C(=O)[C@H](OC)[C@H]3S2(=O)=O)nc1=O. The second kappa shape index (κ2) is 7.66. The number of fused-ring (bicyclic) bond motifs is 1. The van der Waals surface area contributed by atoms with Gasteiger partial charge in [0, 0.05) is 19.6 Å². The summed E-state index contributed by atoms with van der Waals surface area (Å²) in [5.74, 6) is -1.20. The lowest BCUT2D eigenvalue weighted by atomic mass is 9.85. The van der Waals surface area contributed by atoms with Crippen LogP contribution >= 0.6 is 11.8 Å². The van der Waals surface area contributed by atoms with E-state index in [0.717, 1.165) is 16.7 Å². The first-order chi connectivity index (χ1) is 14.6. The van der Waals surface area contributed by atoms with Crippen molar-refractivity contribution in [1.82, 2.24) is 19.7 Å². The minimum atomic E-state index is -4.14. The number of amides is 1. The fourth-order valence-electron chi connectivity index (χ4n) is 3.62. The Morgan fingerprint density at radius 2 is 1.81 bits per heavy atom. The number of aromatic nitrogens is 3. The molecule has 3 rings (SSSR count). The van der Waals surface area contributed by atoms with Crippen LogP contribution in [0.2, 0.25) is 0 Å². The summed E-state index contributed by atoms with van der Waals surface area (Å²) in [6.07, 6.45) is -1.23. The van der Waals surface area contributed by atoms with Gasteiger partial charge in [0.2, 0.25) is 0 Å². The number of methoxy groups -OCH3 is 2. The first-order valence-electron chi connectivity index (χ1n) is 9.67. The number of allylic oxidation sites excluding steroid dienone is 1.